The third kappa shape index (κ3) is 6.73. The maximum absolute atomic E-state index is 13.1. The van der Waals surface area contributed by atoms with Gasteiger partial charge in [0.15, 0.2) is 0 Å². The Morgan fingerprint density at radius 2 is 1.66 bits per heavy atom. The second-order valence-electron chi connectivity index (χ2n) is 8.90. The average molecular weight is 559 g/mol. The number of carbonyl (C=O) groups is 1. The lowest BCUT2D eigenvalue weighted by Gasteiger charge is -2.36. The fourth-order valence-corrected chi connectivity index (χ4v) is 6.24. The molecule has 202 valence electrons. The Morgan fingerprint density at radius 1 is 0.947 bits per heavy atom. The highest BCUT2D eigenvalue weighted by Crippen LogP contribution is 2.27. The van der Waals surface area contributed by atoms with Crippen LogP contribution in [-0.4, -0.2) is 70.5 Å². The number of piperazine rings is 1. The molecule has 3 aromatic carbocycles. The number of carbonyl (C=O) groups excluding carboxylic acids is 1. The molecule has 0 spiro atoms. The van der Waals surface area contributed by atoms with Crippen LogP contribution in [0.15, 0.2) is 77.7 Å². The van der Waals surface area contributed by atoms with Crippen molar-refractivity contribution in [3.8, 4) is 5.75 Å². The van der Waals surface area contributed by atoms with E-state index in [-0.39, 0.29) is 22.0 Å². The molecule has 1 aliphatic heterocycles. The zero-order valence-electron chi connectivity index (χ0n) is 21.4. The zero-order valence-corrected chi connectivity index (χ0v) is 23.0. The van der Waals surface area contributed by atoms with Gasteiger partial charge in [-0.2, -0.15) is 4.31 Å². The van der Waals surface area contributed by atoms with Gasteiger partial charge in [-0.3, -0.25) is 4.90 Å². The molecule has 10 heteroatoms. The number of nitrogens with zero attached hydrogens (tertiary/aromatic N) is 2. The summed E-state index contributed by atoms with van der Waals surface area (Å²) in [7, 11) is -0.697. The van der Waals surface area contributed by atoms with E-state index in [1.807, 2.05) is 36.4 Å². The molecular formula is C28H31ClN2O6S. The zero-order chi connectivity index (χ0) is 27.1. The predicted octanol–water partition coefficient (Wildman–Crippen LogP) is 4.40. The van der Waals surface area contributed by atoms with E-state index in [4.69, 9.17) is 25.8 Å². The van der Waals surface area contributed by atoms with Crippen molar-refractivity contribution in [3.05, 3.63) is 94.5 Å². The first-order valence-corrected chi connectivity index (χ1v) is 14.0. The molecular weight excluding hydrogens is 528 g/mol. The first kappa shape index (κ1) is 28.1. The minimum absolute atomic E-state index is 0.130. The monoisotopic (exact) mass is 558 g/mol. The number of hydrogen-bond acceptors (Lipinski definition) is 7. The number of esters is 1. The van der Waals surface area contributed by atoms with Gasteiger partial charge >= 0.3 is 5.97 Å². The van der Waals surface area contributed by atoms with E-state index in [1.165, 1.54) is 17.5 Å². The van der Waals surface area contributed by atoms with Crippen LogP contribution in [0.5, 0.6) is 5.75 Å². The van der Waals surface area contributed by atoms with Gasteiger partial charge in [-0.1, -0.05) is 48.0 Å². The Kier molecular flexibility index (Phi) is 9.40. The lowest BCUT2D eigenvalue weighted by Crippen LogP contribution is -2.49. The van der Waals surface area contributed by atoms with Gasteiger partial charge in [-0.05, 0) is 47.5 Å². The van der Waals surface area contributed by atoms with Crippen LogP contribution in [0.4, 0.5) is 0 Å². The minimum Gasteiger partial charge on any atom is -0.497 e. The Morgan fingerprint density at radius 3 is 2.32 bits per heavy atom. The van der Waals surface area contributed by atoms with Crippen molar-refractivity contribution >= 4 is 27.6 Å². The third-order valence-corrected chi connectivity index (χ3v) is 8.90. The first-order chi connectivity index (χ1) is 18.3. The van der Waals surface area contributed by atoms with Crippen molar-refractivity contribution in [2.24, 2.45) is 0 Å². The smallest absolute Gasteiger partial charge is 0.337 e. The van der Waals surface area contributed by atoms with Gasteiger partial charge in [0.2, 0.25) is 10.0 Å². The molecule has 4 rings (SSSR count). The van der Waals surface area contributed by atoms with Crippen LogP contribution < -0.4 is 4.74 Å². The first-order valence-electron chi connectivity index (χ1n) is 12.2. The summed E-state index contributed by atoms with van der Waals surface area (Å²) in [5.74, 6) is 0.344. The third-order valence-electron chi connectivity index (χ3n) is 6.50. The molecule has 0 unspecified atom stereocenters. The molecule has 0 bridgehead atoms. The number of ether oxygens (including phenoxy) is 3. The van der Waals surface area contributed by atoms with Crippen LogP contribution >= 0.6 is 11.6 Å². The summed E-state index contributed by atoms with van der Waals surface area (Å²) >= 11 is 6.17. The van der Waals surface area contributed by atoms with E-state index in [9.17, 15) is 13.2 Å². The van der Waals surface area contributed by atoms with Crippen LogP contribution in [0.3, 0.4) is 0 Å². The summed E-state index contributed by atoms with van der Waals surface area (Å²) in [6.45, 7) is 2.74. The Bertz CT molecular complexity index is 1340. The summed E-state index contributed by atoms with van der Waals surface area (Å²) in [4.78, 5) is 14.0. The van der Waals surface area contributed by atoms with Crippen LogP contribution in [0.1, 0.15) is 27.6 Å². The minimum atomic E-state index is -3.67. The van der Waals surface area contributed by atoms with Gasteiger partial charge in [0, 0.05) is 32.7 Å². The molecule has 3 aromatic rings. The van der Waals surface area contributed by atoms with Crippen molar-refractivity contribution in [1.29, 1.82) is 0 Å². The molecule has 0 radical (unpaired) electrons. The van der Waals surface area contributed by atoms with Crippen LogP contribution in [-0.2, 0) is 26.1 Å². The van der Waals surface area contributed by atoms with E-state index in [0.29, 0.717) is 44.9 Å². The van der Waals surface area contributed by atoms with Gasteiger partial charge < -0.3 is 14.2 Å². The summed E-state index contributed by atoms with van der Waals surface area (Å²) in [6, 6.07) is 21.4. The lowest BCUT2D eigenvalue weighted by atomic mass is 10.1. The van der Waals surface area contributed by atoms with Gasteiger partial charge in [-0.25, -0.2) is 13.2 Å². The van der Waals surface area contributed by atoms with Crippen LogP contribution in [0.25, 0.3) is 0 Å². The van der Waals surface area contributed by atoms with E-state index >= 15 is 0 Å². The van der Waals surface area contributed by atoms with E-state index in [0.717, 1.165) is 16.9 Å². The second-order valence-corrected chi connectivity index (χ2v) is 11.2. The predicted molar refractivity (Wildman–Crippen MR) is 145 cm³/mol. The fraction of sp³-hybridized carbons (Fsp3) is 0.321. The maximum atomic E-state index is 13.1. The molecule has 1 aliphatic rings. The van der Waals surface area contributed by atoms with Crippen molar-refractivity contribution in [3.63, 3.8) is 0 Å². The van der Waals surface area contributed by atoms with Gasteiger partial charge in [-0.15, -0.1) is 0 Å². The summed E-state index contributed by atoms with van der Waals surface area (Å²) in [6.07, 6.45) is -0.280. The molecule has 8 nitrogen and oxygen atoms in total. The highest BCUT2D eigenvalue weighted by Gasteiger charge is 2.31. The molecule has 0 N–H and O–H groups in total. The van der Waals surface area contributed by atoms with E-state index in [1.54, 1.807) is 37.4 Å². The van der Waals surface area contributed by atoms with Crippen LogP contribution in [0.2, 0.25) is 5.02 Å². The molecule has 1 atom stereocenters. The molecule has 1 saturated heterocycles. The van der Waals surface area contributed by atoms with Crippen molar-refractivity contribution in [1.82, 2.24) is 9.21 Å². The highest BCUT2D eigenvalue weighted by atomic mass is 35.5. The quantitative estimate of drug-likeness (QED) is 0.341. The standard InChI is InChI=1S/C28H31ClN2O6S/c1-35-24-7-5-6-23(18-24)26(37-20-21-10-12-22(13-11-21)28(32)36-2)19-30-14-16-31(17-15-30)38(33,34)27-9-4-3-8-25(27)29/h3-13,18,26H,14-17,19-20H2,1-2H3/t26-/m0/s1. The average Bonchev–Trinajstić information content (AvgIpc) is 2.95. The number of halogens is 1. The number of benzene rings is 3. The van der Waals surface area contributed by atoms with Gasteiger partial charge in [0.1, 0.15) is 10.6 Å². The van der Waals surface area contributed by atoms with Crippen LogP contribution in [0, 0.1) is 0 Å². The molecule has 0 aromatic heterocycles. The molecule has 0 aliphatic carbocycles. The number of rotatable bonds is 10. The number of methoxy groups -OCH3 is 2. The Balaban J connectivity index is 1.44. The Labute approximate surface area is 228 Å². The van der Waals surface area contributed by atoms with Crippen molar-refractivity contribution in [2.75, 3.05) is 46.9 Å². The molecule has 0 amide bonds. The normalized spacial score (nSPS) is 15.7. The van der Waals surface area contributed by atoms with Crippen molar-refractivity contribution in [2.45, 2.75) is 17.6 Å². The summed E-state index contributed by atoms with van der Waals surface area (Å²) in [5, 5.41) is 0.223. The maximum Gasteiger partial charge on any atom is 0.337 e. The Hall–Kier alpha value is -2.95. The van der Waals surface area contributed by atoms with Gasteiger partial charge in [0.25, 0.3) is 0 Å². The number of hydrogen-bond donors (Lipinski definition) is 0. The highest BCUT2D eigenvalue weighted by molar-refractivity contribution is 7.89. The number of sulfonamides is 1. The largest absolute Gasteiger partial charge is 0.497 e. The van der Waals surface area contributed by atoms with Crippen molar-refractivity contribution < 1.29 is 27.4 Å². The molecule has 1 fully saturated rings. The lowest BCUT2D eigenvalue weighted by molar-refractivity contribution is 0.00761. The topological polar surface area (TPSA) is 85.4 Å². The summed E-state index contributed by atoms with van der Waals surface area (Å²) in [5.41, 5.74) is 2.35. The van der Waals surface area contributed by atoms with E-state index in [2.05, 4.69) is 4.90 Å². The van der Waals surface area contributed by atoms with E-state index < -0.39 is 10.0 Å². The summed E-state index contributed by atoms with van der Waals surface area (Å²) < 4.78 is 44.3. The van der Waals surface area contributed by atoms with Gasteiger partial charge in [0.05, 0.1) is 37.5 Å². The second kappa shape index (κ2) is 12.7. The molecule has 38 heavy (non-hydrogen) atoms. The SMILES string of the molecule is COC(=O)c1ccc(CO[C@@H](CN2CCN(S(=O)(=O)c3ccccc3Cl)CC2)c2cccc(OC)c2)cc1. The molecule has 0 saturated carbocycles. The fourth-order valence-electron chi connectivity index (χ4n) is 4.33. The molecule has 1 heterocycles.